The molecule has 0 unspecified atom stereocenters. The van der Waals surface area contributed by atoms with Gasteiger partial charge in [0.15, 0.2) is 0 Å². The van der Waals surface area contributed by atoms with Crippen LogP contribution in [-0.4, -0.2) is 38.4 Å². The van der Waals surface area contributed by atoms with Gasteiger partial charge in [-0.3, -0.25) is 9.59 Å². The molecular formula is C17H22N4O5S2. The van der Waals surface area contributed by atoms with E-state index in [9.17, 15) is 18.0 Å². The first-order valence-corrected chi connectivity index (χ1v) is 10.8. The number of ether oxygens (including phenoxy) is 1. The molecule has 0 aromatic carbocycles. The van der Waals surface area contributed by atoms with Crippen molar-refractivity contribution in [1.29, 1.82) is 0 Å². The average molecular weight is 427 g/mol. The zero-order valence-corrected chi connectivity index (χ0v) is 17.2. The Morgan fingerprint density at radius 2 is 1.96 bits per heavy atom. The number of carbonyl (C=O) groups is 2. The molecule has 0 aliphatic rings. The molecule has 0 aliphatic heterocycles. The van der Waals surface area contributed by atoms with Crippen LogP contribution in [0.15, 0.2) is 34.7 Å². The largest absolute Gasteiger partial charge is 0.478 e. The fraction of sp³-hybridized carbons (Fsp3) is 0.353. The van der Waals surface area contributed by atoms with Gasteiger partial charge in [-0.05, 0) is 30.7 Å². The Bertz CT molecular complexity index is 927. The summed E-state index contributed by atoms with van der Waals surface area (Å²) in [6.07, 6.45) is 1.57. The predicted octanol–water partition coefficient (Wildman–Crippen LogP) is 0.773. The quantitative estimate of drug-likeness (QED) is 0.515. The first-order chi connectivity index (χ1) is 13.3. The van der Waals surface area contributed by atoms with Crippen molar-refractivity contribution in [2.45, 2.75) is 31.1 Å². The lowest BCUT2D eigenvalue weighted by molar-refractivity contribution is -0.120. The molecule has 2 aromatic rings. The van der Waals surface area contributed by atoms with Gasteiger partial charge in [0.1, 0.15) is 4.21 Å². The minimum Gasteiger partial charge on any atom is -0.478 e. The molecule has 0 atom stereocenters. The van der Waals surface area contributed by atoms with Crippen LogP contribution in [0.4, 0.5) is 0 Å². The number of amides is 2. The number of thiophene rings is 1. The summed E-state index contributed by atoms with van der Waals surface area (Å²) >= 11 is 1.03. The first-order valence-electron chi connectivity index (χ1n) is 8.47. The Morgan fingerprint density at radius 3 is 2.68 bits per heavy atom. The van der Waals surface area contributed by atoms with Gasteiger partial charge in [0.25, 0.3) is 10.0 Å². The lowest BCUT2D eigenvalue weighted by Gasteiger charge is -2.08. The summed E-state index contributed by atoms with van der Waals surface area (Å²) in [4.78, 5) is 27.6. The fourth-order valence-corrected chi connectivity index (χ4v) is 4.41. The number of sulfonamides is 1. The standard InChI is InChI=1S/C17H22N4O5S2/c1-3-26-16-8-13(6-7-18-16)9-20-15(23)11-21-28(24,25)17-5-4-14(27-17)10-19-12(2)22/h4-8,21H,3,9-11H2,1-2H3,(H,19,22)(H,20,23). The summed E-state index contributed by atoms with van der Waals surface area (Å²) in [5, 5.41) is 5.24. The van der Waals surface area contributed by atoms with Crippen LogP contribution in [0.5, 0.6) is 5.88 Å². The van der Waals surface area contributed by atoms with Crippen LogP contribution in [-0.2, 0) is 32.7 Å². The molecule has 0 saturated heterocycles. The molecule has 28 heavy (non-hydrogen) atoms. The number of nitrogens with one attached hydrogen (secondary N) is 3. The molecule has 2 aromatic heterocycles. The van der Waals surface area contributed by atoms with Crippen molar-refractivity contribution in [1.82, 2.24) is 20.3 Å². The van der Waals surface area contributed by atoms with Gasteiger partial charge < -0.3 is 15.4 Å². The molecule has 2 amide bonds. The summed E-state index contributed by atoms with van der Waals surface area (Å²) in [7, 11) is -3.81. The second kappa shape index (κ2) is 10.2. The van der Waals surface area contributed by atoms with Gasteiger partial charge in [0, 0.05) is 30.6 Å². The van der Waals surface area contributed by atoms with Crippen molar-refractivity contribution in [3.8, 4) is 5.88 Å². The van der Waals surface area contributed by atoms with Gasteiger partial charge in [-0.25, -0.2) is 18.1 Å². The molecule has 0 fully saturated rings. The van der Waals surface area contributed by atoms with Gasteiger partial charge in [-0.15, -0.1) is 11.3 Å². The molecule has 0 aliphatic carbocycles. The van der Waals surface area contributed by atoms with E-state index < -0.39 is 15.9 Å². The predicted molar refractivity (Wildman–Crippen MR) is 104 cm³/mol. The van der Waals surface area contributed by atoms with E-state index in [4.69, 9.17) is 4.74 Å². The number of rotatable bonds is 10. The molecule has 0 radical (unpaired) electrons. The topological polar surface area (TPSA) is 126 Å². The number of hydrogen-bond donors (Lipinski definition) is 3. The minimum absolute atomic E-state index is 0.0798. The summed E-state index contributed by atoms with van der Waals surface area (Å²) in [5.41, 5.74) is 0.788. The maximum absolute atomic E-state index is 12.3. The highest BCUT2D eigenvalue weighted by atomic mass is 32.2. The lowest BCUT2D eigenvalue weighted by atomic mass is 10.2. The Hall–Kier alpha value is -2.50. The Kier molecular flexibility index (Phi) is 7.91. The Morgan fingerprint density at radius 1 is 1.18 bits per heavy atom. The fourth-order valence-electron chi connectivity index (χ4n) is 2.09. The van der Waals surface area contributed by atoms with Gasteiger partial charge in [-0.2, -0.15) is 0 Å². The third-order valence-corrected chi connectivity index (χ3v) is 6.40. The maximum Gasteiger partial charge on any atom is 0.250 e. The summed E-state index contributed by atoms with van der Waals surface area (Å²) < 4.78 is 32.2. The zero-order valence-electron chi connectivity index (χ0n) is 15.5. The highest BCUT2D eigenvalue weighted by Gasteiger charge is 2.18. The second-order valence-electron chi connectivity index (χ2n) is 5.67. The van der Waals surface area contributed by atoms with E-state index in [0.29, 0.717) is 17.4 Å². The van der Waals surface area contributed by atoms with Crippen molar-refractivity contribution in [2.75, 3.05) is 13.2 Å². The SMILES string of the molecule is CCOc1cc(CNC(=O)CNS(=O)(=O)c2ccc(CNC(C)=O)s2)ccn1. The van der Waals surface area contributed by atoms with Crippen molar-refractivity contribution >= 4 is 33.2 Å². The van der Waals surface area contributed by atoms with E-state index in [2.05, 4.69) is 20.3 Å². The number of pyridine rings is 1. The molecule has 2 heterocycles. The molecule has 0 saturated carbocycles. The number of carbonyl (C=O) groups excluding carboxylic acids is 2. The molecule has 152 valence electrons. The molecule has 0 bridgehead atoms. The summed E-state index contributed by atoms with van der Waals surface area (Å²) in [5.74, 6) is -0.203. The van der Waals surface area contributed by atoms with Gasteiger partial charge >= 0.3 is 0 Å². The minimum atomic E-state index is -3.81. The van der Waals surface area contributed by atoms with E-state index in [1.54, 1.807) is 24.4 Å². The monoisotopic (exact) mass is 426 g/mol. The smallest absolute Gasteiger partial charge is 0.250 e. The van der Waals surface area contributed by atoms with Gasteiger partial charge in [0.2, 0.25) is 17.7 Å². The highest BCUT2D eigenvalue weighted by Crippen LogP contribution is 2.21. The van der Waals surface area contributed by atoms with Crippen LogP contribution < -0.4 is 20.1 Å². The second-order valence-corrected chi connectivity index (χ2v) is 8.83. The van der Waals surface area contributed by atoms with E-state index in [0.717, 1.165) is 16.9 Å². The van der Waals surface area contributed by atoms with Crippen molar-refractivity contribution < 1.29 is 22.7 Å². The van der Waals surface area contributed by atoms with E-state index in [-0.39, 0.29) is 29.8 Å². The third-order valence-electron chi connectivity index (χ3n) is 3.42. The van der Waals surface area contributed by atoms with Crippen molar-refractivity contribution in [3.05, 3.63) is 40.9 Å². The van der Waals surface area contributed by atoms with Crippen LogP contribution in [0, 0.1) is 0 Å². The molecular weight excluding hydrogens is 404 g/mol. The van der Waals surface area contributed by atoms with Crippen LogP contribution >= 0.6 is 11.3 Å². The van der Waals surface area contributed by atoms with Gasteiger partial charge in [-0.1, -0.05) is 0 Å². The third kappa shape index (κ3) is 6.91. The Balaban J connectivity index is 1.84. The number of nitrogens with zero attached hydrogens (tertiary/aromatic N) is 1. The summed E-state index contributed by atoms with van der Waals surface area (Å²) in [6, 6.07) is 6.49. The molecule has 3 N–H and O–H groups in total. The molecule has 9 nitrogen and oxygen atoms in total. The maximum atomic E-state index is 12.3. The van der Waals surface area contributed by atoms with Crippen molar-refractivity contribution in [3.63, 3.8) is 0 Å². The highest BCUT2D eigenvalue weighted by molar-refractivity contribution is 7.91. The van der Waals surface area contributed by atoms with Crippen LogP contribution in [0.2, 0.25) is 0 Å². The number of hydrogen-bond acceptors (Lipinski definition) is 7. The molecule has 2 rings (SSSR count). The van der Waals surface area contributed by atoms with Crippen molar-refractivity contribution in [2.24, 2.45) is 0 Å². The van der Waals surface area contributed by atoms with E-state index >= 15 is 0 Å². The Labute approximate surface area is 167 Å². The molecule has 0 spiro atoms. The molecule has 11 heteroatoms. The zero-order chi connectivity index (χ0) is 20.6. The summed E-state index contributed by atoms with van der Waals surface area (Å²) in [6.45, 7) is 3.81. The number of aromatic nitrogens is 1. The van der Waals surface area contributed by atoms with Gasteiger partial charge in [0.05, 0.1) is 19.7 Å². The van der Waals surface area contributed by atoms with Crippen LogP contribution in [0.25, 0.3) is 0 Å². The average Bonchev–Trinajstić information content (AvgIpc) is 3.14. The normalized spacial score (nSPS) is 11.1. The van der Waals surface area contributed by atoms with E-state index in [1.807, 2.05) is 6.92 Å². The van der Waals surface area contributed by atoms with Crippen LogP contribution in [0.3, 0.4) is 0 Å². The van der Waals surface area contributed by atoms with Crippen LogP contribution in [0.1, 0.15) is 24.3 Å². The lowest BCUT2D eigenvalue weighted by Crippen LogP contribution is -2.36. The van der Waals surface area contributed by atoms with E-state index in [1.165, 1.54) is 13.0 Å². The first kappa shape index (κ1) is 21.8.